The van der Waals surface area contributed by atoms with Crippen molar-refractivity contribution >= 4 is 0 Å². The SMILES string of the molecule is OC[C@]12CCC3(CC3)N1C[C@@H](F)C2. The number of hydrogen-bond donors (Lipinski definition) is 1. The molecule has 2 atom stereocenters. The normalized spacial score (nSPS) is 47.1. The van der Waals surface area contributed by atoms with E-state index in [0.717, 1.165) is 6.42 Å². The van der Waals surface area contributed by atoms with Gasteiger partial charge in [-0.15, -0.1) is 0 Å². The Morgan fingerprint density at radius 1 is 1.31 bits per heavy atom. The molecule has 1 saturated carbocycles. The lowest BCUT2D eigenvalue weighted by Crippen LogP contribution is -2.46. The number of rotatable bonds is 1. The predicted octanol–water partition coefficient (Wildman–Crippen LogP) is 1.09. The molecule has 13 heavy (non-hydrogen) atoms. The Labute approximate surface area is 77.7 Å². The van der Waals surface area contributed by atoms with Gasteiger partial charge in [0.1, 0.15) is 6.17 Å². The maximum Gasteiger partial charge on any atom is 0.115 e. The van der Waals surface area contributed by atoms with Crippen molar-refractivity contribution in [3.8, 4) is 0 Å². The van der Waals surface area contributed by atoms with Gasteiger partial charge in [-0.25, -0.2) is 4.39 Å². The van der Waals surface area contributed by atoms with Gasteiger partial charge in [-0.2, -0.15) is 0 Å². The predicted molar refractivity (Wildman–Crippen MR) is 47.2 cm³/mol. The molecular formula is C10H16FNO. The summed E-state index contributed by atoms with van der Waals surface area (Å²) < 4.78 is 13.3. The topological polar surface area (TPSA) is 23.5 Å². The average molecular weight is 185 g/mol. The quantitative estimate of drug-likeness (QED) is 0.661. The third-order valence-electron chi connectivity index (χ3n) is 4.30. The van der Waals surface area contributed by atoms with Crippen LogP contribution in [0.1, 0.15) is 32.1 Å². The lowest BCUT2D eigenvalue weighted by atomic mass is 9.95. The van der Waals surface area contributed by atoms with Gasteiger partial charge < -0.3 is 5.11 Å². The molecule has 3 aliphatic rings. The summed E-state index contributed by atoms with van der Waals surface area (Å²) in [6.45, 7) is 0.718. The van der Waals surface area contributed by atoms with Gasteiger partial charge in [0.05, 0.1) is 6.61 Å². The van der Waals surface area contributed by atoms with Crippen molar-refractivity contribution in [3.05, 3.63) is 0 Å². The van der Waals surface area contributed by atoms with Gasteiger partial charge in [0.2, 0.25) is 0 Å². The first kappa shape index (κ1) is 8.18. The van der Waals surface area contributed by atoms with Gasteiger partial charge in [0.25, 0.3) is 0 Å². The van der Waals surface area contributed by atoms with Gasteiger partial charge in [0, 0.05) is 24.0 Å². The minimum Gasteiger partial charge on any atom is -0.394 e. The minimum absolute atomic E-state index is 0.148. The summed E-state index contributed by atoms with van der Waals surface area (Å²) in [6, 6.07) is 0. The Balaban J connectivity index is 1.93. The molecule has 2 heterocycles. The third kappa shape index (κ3) is 0.895. The Morgan fingerprint density at radius 2 is 2.00 bits per heavy atom. The molecule has 2 saturated heterocycles. The first-order valence-corrected chi connectivity index (χ1v) is 5.24. The summed E-state index contributed by atoms with van der Waals surface area (Å²) in [6.07, 6.45) is 4.49. The van der Waals surface area contributed by atoms with Gasteiger partial charge in [-0.3, -0.25) is 4.90 Å². The Bertz CT molecular complexity index is 241. The van der Waals surface area contributed by atoms with Crippen LogP contribution in [0.2, 0.25) is 0 Å². The van der Waals surface area contributed by atoms with E-state index in [1.165, 1.54) is 19.3 Å². The summed E-state index contributed by atoms with van der Waals surface area (Å²) in [4.78, 5) is 2.28. The summed E-state index contributed by atoms with van der Waals surface area (Å²) in [7, 11) is 0. The molecule has 1 aliphatic carbocycles. The molecule has 0 aromatic carbocycles. The van der Waals surface area contributed by atoms with Crippen LogP contribution < -0.4 is 0 Å². The molecule has 3 rings (SSSR count). The zero-order chi connectivity index (χ0) is 9.10. The molecule has 74 valence electrons. The van der Waals surface area contributed by atoms with E-state index in [1.807, 2.05) is 0 Å². The van der Waals surface area contributed by atoms with Gasteiger partial charge in [-0.1, -0.05) is 0 Å². The van der Waals surface area contributed by atoms with E-state index in [2.05, 4.69) is 4.90 Å². The maximum absolute atomic E-state index is 13.3. The summed E-state index contributed by atoms with van der Waals surface area (Å²) >= 11 is 0. The van der Waals surface area contributed by atoms with E-state index in [-0.39, 0.29) is 12.1 Å². The van der Waals surface area contributed by atoms with E-state index < -0.39 is 6.17 Å². The largest absolute Gasteiger partial charge is 0.394 e. The zero-order valence-electron chi connectivity index (χ0n) is 7.80. The van der Waals surface area contributed by atoms with Crippen molar-refractivity contribution in [2.45, 2.75) is 49.4 Å². The van der Waals surface area contributed by atoms with Crippen LogP contribution in [0.15, 0.2) is 0 Å². The second kappa shape index (κ2) is 2.26. The zero-order valence-corrected chi connectivity index (χ0v) is 7.80. The Hall–Kier alpha value is -0.150. The molecule has 0 bridgehead atoms. The van der Waals surface area contributed by atoms with Crippen LogP contribution in [-0.2, 0) is 0 Å². The van der Waals surface area contributed by atoms with Crippen LogP contribution in [0.4, 0.5) is 4.39 Å². The van der Waals surface area contributed by atoms with Crippen molar-refractivity contribution in [2.24, 2.45) is 0 Å². The van der Waals surface area contributed by atoms with Gasteiger partial charge >= 0.3 is 0 Å². The Morgan fingerprint density at radius 3 is 2.62 bits per heavy atom. The number of nitrogens with zero attached hydrogens (tertiary/aromatic N) is 1. The highest BCUT2D eigenvalue weighted by Crippen LogP contribution is 2.58. The molecule has 0 aromatic rings. The number of fused-ring (bicyclic) bond motifs is 2. The number of aliphatic hydroxyl groups excluding tert-OH is 1. The first-order valence-electron chi connectivity index (χ1n) is 5.24. The number of aliphatic hydroxyl groups is 1. The average Bonchev–Trinajstić information content (AvgIpc) is 2.75. The molecule has 2 aliphatic heterocycles. The molecule has 0 amide bonds. The number of hydrogen-bond acceptors (Lipinski definition) is 2. The van der Waals surface area contributed by atoms with Gasteiger partial charge in [0.15, 0.2) is 0 Å². The highest BCUT2D eigenvalue weighted by Gasteiger charge is 2.63. The van der Waals surface area contributed by atoms with Crippen molar-refractivity contribution in [1.29, 1.82) is 0 Å². The molecule has 2 nitrogen and oxygen atoms in total. The third-order valence-corrected chi connectivity index (χ3v) is 4.30. The van der Waals surface area contributed by atoms with E-state index in [4.69, 9.17) is 0 Å². The molecule has 0 unspecified atom stereocenters. The van der Waals surface area contributed by atoms with Crippen molar-refractivity contribution in [1.82, 2.24) is 4.90 Å². The van der Waals surface area contributed by atoms with Crippen molar-refractivity contribution in [3.63, 3.8) is 0 Å². The molecular weight excluding hydrogens is 169 g/mol. The maximum atomic E-state index is 13.3. The lowest BCUT2D eigenvalue weighted by molar-refractivity contribution is 0.0707. The van der Waals surface area contributed by atoms with Crippen LogP contribution in [0, 0.1) is 0 Å². The monoisotopic (exact) mass is 185 g/mol. The van der Waals surface area contributed by atoms with Crippen LogP contribution in [0.3, 0.4) is 0 Å². The highest BCUT2D eigenvalue weighted by atomic mass is 19.1. The fourth-order valence-corrected chi connectivity index (χ4v) is 3.41. The molecule has 1 N–H and O–H groups in total. The molecule has 0 radical (unpaired) electrons. The van der Waals surface area contributed by atoms with E-state index >= 15 is 0 Å². The molecule has 1 spiro atoms. The summed E-state index contributed by atoms with van der Waals surface area (Å²) in [5.74, 6) is 0. The summed E-state index contributed by atoms with van der Waals surface area (Å²) in [5, 5.41) is 9.40. The van der Waals surface area contributed by atoms with Crippen LogP contribution in [0.25, 0.3) is 0 Å². The molecule has 0 aromatic heterocycles. The summed E-state index contributed by atoms with van der Waals surface area (Å²) in [5.41, 5.74) is 0.152. The smallest absolute Gasteiger partial charge is 0.115 e. The van der Waals surface area contributed by atoms with Crippen LogP contribution in [0.5, 0.6) is 0 Å². The van der Waals surface area contributed by atoms with Crippen LogP contribution >= 0.6 is 0 Å². The van der Waals surface area contributed by atoms with E-state index in [1.54, 1.807) is 0 Å². The number of alkyl halides is 1. The van der Waals surface area contributed by atoms with Crippen LogP contribution in [-0.4, -0.2) is 40.4 Å². The number of halogens is 1. The Kier molecular flexibility index (Phi) is 1.42. The molecule has 3 fully saturated rings. The highest BCUT2D eigenvalue weighted by molar-refractivity contribution is 5.19. The molecule has 3 heteroatoms. The van der Waals surface area contributed by atoms with Crippen molar-refractivity contribution < 1.29 is 9.50 Å². The lowest BCUT2D eigenvalue weighted by Gasteiger charge is -2.33. The van der Waals surface area contributed by atoms with Gasteiger partial charge in [-0.05, 0) is 25.7 Å². The minimum atomic E-state index is -0.704. The van der Waals surface area contributed by atoms with E-state index in [9.17, 15) is 9.50 Å². The fourth-order valence-electron chi connectivity index (χ4n) is 3.41. The standard InChI is InChI=1S/C10H16FNO/c11-8-5-10(7-13)4-3-9(1-2-9)12(10)6-8/h8,13H,1-7H2/t8-,10+/m0/s1. The second-order valence-electron chi connectivity index (χ2n) is 5.02. The first-order chi connectivity index (χ1) is 6.21. The second-order valence-corrected chi connectivity index (χ2v) is 5.02. The van der Waals surface area contributed by atoms with E-state index in [0.29, 0.717) is 18.5 Å². The van der Waals surface area contributed by atoms with Crippen molar-refractivity contribution in [2.75, 3.05) is 13.2 Å². The fraction of sp³-hybridized carbons (Fsp3) is 1.00.